The Kier molecular flexibility index (Phi) is 3.92. The first kappa shape index (κ1) is 14.3. The summed E-state index contributed by atoms with van der Waals surface area (Å²) >= 11 is 0. The monoisotopic (exact) mass is 280 g/mol. The predicted octanol–water partition coefficient (Wildman–Crippen LogP) is 2.12. The van der Waals surface area contributed by atoms with Crippen LogP contribution in [-0.4, -0.2) is 22.5 Å². The Morgan fingerprint density at radius 3 is 2.55 bits per heavy atom. The lowest BCUT2D eigenvalue weighted by molar-refractivity contribution is -0.138. The zero-order chi connectivity index (χ0) is 14.8. The molecule has 20 heavy (non-hydrogen) atoms. The van der Waals surface area contributed by atoms with Crippen LogP contribution in [0.25, 0.3) is 0 Å². The molecule has 0 bridgehead atoms. The fourth-order valence-electron chi connectivity index (χ4n) is 2.80. The molecule has 0 saturated heterocycles. The van der Waals surface area contributed by atoms with Gasteiger partial charge in [0.25, 0.3) is 5.91 Å². The molecule has 0 aromatic heterocycles. The third kappa shape index (κ3) is 3.07. The van der Waals surface area contributed by atoms with Crippen LogP contribution in [0.15, 0.2) is 18.2 Å². The Morgan fingerprint density at radius 1 is 1.35 bits per heavy atom. The summed E-state index contributed by atoms with van der Waals surface area (Å²) in [6.45, 7) is 0. The Balaban J connectivity index is 2.31. The largest absolute Gasteiger partial charge is 0.481 e. The minimum absolute atomic E-state index is 0.0391. The third-order valence-corrected chi connectivity index (χ3v) is 3.70. The second kappa shape index (κ2) is 5.48. The average Bonchev–Trinajstić information content (AvgIpc) is 2.78. The van der Waals surface area contributed by atoms with Crippen molar-refractivity contribution in [2.24, 2.45) is 5.73 Å². The number of nitrogens with two attached hydrogens (primary N) is 1. The summed E-state index contributed by atoms with van der Waals surface area (Å²) in [5, 5.41) is 12.2. The molecule has 1 amide bonds. The van der Waals surface area contributed by atoms with Crippen LogP contribution in [0.4, 0.5) is 10.1 Å². The van der Waals surface area contributed by atoms with Crippen molar-refractivity contribution in [3.8, 4) is 0 Å². The summed E-state index contributed by atoms with van der Waals surface area (Å²) in [6, 6.07) is 3.71. The van der Waals surface area contributed by atoms with E-state index in [9.17, 15) is 14.0 Å². The van der Waals surface area contributed by atoms with Crippen molar-refractivity contribution in [1.82, 2.24) is 0 Å². The van der Waals surface area contributed by atoms with Crippen LogP contribution in [0.2, 0.25) is 0 Å². The van der Waals surface area contributed by atoms with Crippen LogP contribution >= 0.6 is 0 Å². The molecule has 0 radical (unpaired) electrons. The van der Waals surface area contributed by atoms with Gasteiger partial charge in [-0.1, -0.05) is 12.8 Å². The minimum atomic E-state index is -0.901. The van der Waals surface area contributed by atoms with E-state index in [0.717, 1.165) is 18.9 Å². The van der Waals surface area contributed by atoms with Crippen LogP contribution in [0, 0.1) is 5.82 Å². The second-order valence-electron chi connectivity index (χ2n) is 5.24. The molecule has 6 heteroatoms. The minimum Gasteiger partial charge on any atom is -0.481 e. The molecule has 2 rings (SSSR count). The molecule has 0 spiro atoms. The molecule has 0 aliphatic heterocycles. The third-order valence-electron chi connectivity index (χ3n) is 3.70. The van der Waals surface area contributed by atoms with E-state index in [1.165, 1.54) is 12.1 Å². The molecule has 1 aliphatic rings. The van der Waals surface area contributed by atoms with Gasteiger partial charge in [-0.3, -0.25) is 9.59 Å². The number of hydrogen-bond donors (Lipinski definition) is 3. The molecule has 108 valence electrons. The normalized spacial score (nSPS) is 16.9. The molecule has 4 N–H and O–H groups in total. The number of carboxylic acids is 1. The topological polar surface area (TPSA) is 92.4 Å². The number of rotatable bonds is 5. The SMILES string of the molecule is NC(=O)c1cc(F)ccc1NC1(CC(=O)O)CCCC1. The smallest absolute Gasteiger partial charge is 0.305 e. The van der Waals surface area contributed by atoms with Gasteiger partial charge in [0.15, 0.2) is 0 Å². The maximum absolute atomic E-state index is 13.2. The van der Waals surface area contributed by atoms with Crippen molar-refractivity contribution in [3.63, 3.8) is 0 Å². The van der Waals surface area contributed by atoms with E-state index in [4.69, 9.17) is 10.8 Å². The van der Waals surface area contributed by atoms with E-state index >= 15 is 0 Å². The predicted molar refractivity (Wildman–Crippen MR) is 72.0 cm³/mol. The van der Waals surface area contributed by atoms with Gasteiger partial charge in [0.2, 0.25) is 0 Å². The Bertz CT molecular complexity index is 539. The standard InChI is InChI=1S/C14H17FN2O3/c15-9-3-4-11(10(7-9)13(16)20)17-14(8-12(18)19)5-1-2-6-14/h3-4,7,17H,1-2,5-6,8H2,(H2,16,20)(H,18,19). The van der Waals surface area contributed by atoms with Gasteiger partial charge in [0, 0.05) is 11.2 Å². The van der Waals surface area contributed by atoms with Gasteiger partial charge in [-0.05, 0) is 31.0 Å². The number of amides is 1. The van der Waals surface area contributed by atoms with E-state index in [0.29, 0.717) is 18.5 Å². The summed E-state index contributed by atoms with van der Waals surface area (Å²) in [5.41, 5.74) is 5.08. The summed E-state index contributed by atoms with van der Waals surface area (Å²) in [4.78, 5) is 22.4. The highest BCUT2D eigenvalue weighted by atomic mass is 19.1. The first-order valence-electron chi connectivity index (χ1n) is 6.51. The number of benzene rings is 1. The number of halogens is 1. The highest BCUT2D eigenvalue weighted by molar-refractivity contribution is 5.98. The van der Waals surface area contributed by atoms with Gasteiger partial charge >= 0.3 is 5.97 Å². The zero-order valence-corrected chi connectivity index (χ0v) is 11.0. The van der Waals surface area contributed by atoms with Crippen LogP contribution in [0.5, 0.6) is 0 Å². The molecule has 1 fully saturated rings. The highest BCUT2D eigenvalue weighted by Gasteiger charge is 2.36. The maximum Gasteiger partial charge on any atom is 0.305 e. The van der Waals surface area contributed by atoms with Crippen molar-refractivity contribution in [2.75, 3.05) is 5.32 Å². The lowest BCUT2D eigenvalue weighted by Gasteiger charge is -2.30. The summed E-state index contributed by atoms with van der Waals surface area (Å²) < 4.78 is 13.2. The van der Waals surface area contributed by atoms with Crippen molar-refractivity contribution in [1.29, 1.82) is 0 Å². The van der Waals surface area contributed by atoms with Gasteiger partial charge in [-0.25, -0.2) is 4.39 Å². The summed E-state index contributed by atoms with van der Waals surface area (Å²) in [6.07, 6.45) is 3.22. The molecule has 1 aliphatic carbocycles. The lowest BCUT2D eigenvalue weighted by Crippen LogP contribution is -2.38. The van der Waals surface area contributed by atoms with E-state index in [1.54, 1.807) is 0 Å². The fourth-order valence-corrected chi connectivity index (χ4v) is 2.80. The van der Waals surface area contributed by atoms with E-state index in [-0.39, 0.29) is 12.0 Å². The number of carbonyl (C=O) groups is 2. The number of primary amides is 1. The molecular formula is C14H17FN2O3. The van der Waals surface area contributed by atoms with E-state index < -0.39 is 23.2 Å². The Morgan fingerprint density at radius 2 is 2.00 bits per heavy atom. The molecule has 5 nitrogen and oxygen atoms in total. The first-order chi connectivity index (χ1) is 9.42. The van der Waals surface area contributed by atoms with Gasteiger partial charge in [0.05, 0.1) is 12.0 Å². The molecular weight excluding hydrogens is 263 g/mol. The fraction of sp³-hybridized carbons (Fsp3) is 0.429. The van der Waals surface area contributed by atoms with Crippen LogP contribution in [0.3, 0.4) is 0 Å². The Labute approximate surface area is 116 Å². The van der Waals surface area contributed by atoms with Crippen molar-refractivity contribution < 1.29 is 19.1 Å². The Hall–Kier alpha value is -2.11. The van der Waals surface area contributed by atoms with E-state index in [2.05, 4.69) is 5.32 Å². The number of anilines is 1. The number of aliphatic carboxylic acids is 1. The van der Waals surface area contributed by atoms with Gasteiger partial charge in [-0.15, -0.1) is 0 Å². The van der Waals surface area contributed by atoms with Crippen LogP contribution in [-0.2, 0) is 4.79 Å². The molecule has 0 unspecified atom stereocenters. The molecule has 1 aromatic carbocycles. The first-order valence-corrected chi connectivity index (χ1v) is 6.51. The summed E-state index contributed by atoms with van der Waals surface area (Å²) in [5.74, 6) is -2.19. The molecule has 1 aromatic rings. The van der Waals surface area contributed by atoms with Gasteiger partial charge < -0.3 is 16.2 Å². The quantitative estimate of drug-likeness (QED) is 0.770. The summed E-state index contributed by atoms with van der Waals surface area (Å²) in [7, 11) is 0. The van der Waals surface area contributed by atoms with Crippen molar-refractivity contribution in [2.45, 2.75) is 37.6 Å². The zero-order valence-electron chi connectivity index (χ0n) is 11.0. The van der Waals surface area contributed by atoms with E-state index in [1.807, 2.05) is 0 Å². The molecule has 0 atom stereocenters. The average molecular weight is 280 g/mol. The van der Waals surface area contributed by atoms with Gasteiger partial charge in [0.1, 0.15) is 5.82 Å². The maximum atomic E-state index is 13.2. The second-order valence-corrected chi connectivity index (χ2v) is 5.24. The number of nitrogens with one attached hydrogen (secondary N) is 1. The number of carbonyl (C=O) groups excluding carboxylic acids is 1. The molecule has 0 heterocycles. The van der Waals surface area contributed by atoms with Crippen LogP contribution in [0.1, 0.15) is 42.5 Å². The lowest BCUT2D eigenvalue weighted by atomic mass is 9.92. The van der Waals surface area contributed by atoms with Crippen molar-refractivity contribution >= 4 is 17.6 Å². The number of hydrogen-bond acceptors (Lipinski definition) is 3. The number of carboxylic acid groups (broad SMARTS) is 1. The van der Waals surface area contributed by atoms with Crippen LogP contribution < -0.4 is 11.1 Å². The van der Waals surface area contributed by atoms with Crippen molar-refractivity contribution in [3.05, 3.63) is 29.6 Å². The highest BCUT2D eigenvalue weighted by Crippen LogP contribution is 2.36. The molecule has 1 saturated carbocycles. The van der Waals surface area contributed by atoms with Gasteiger partial charge in [-0.2, -0.15) is 0 Å².